The summed E-state index contributed by atoms with van der Waals surface area (Å²) in [5, 5.41) is 10.4. The molecule has 158 valence electrons. The van der Waals surface area contributed by atoms with E-state index in [1.54, 1.807) is 12.1 Å². The van der Waals surface area contributed by atoms with Gasteiger partial charge in [0.25, 0.3) is 5.91 Å². The van der Waals surface area contributed by atoms with E-state index in [9.17, 15) is 19.1 Å². The summed E-state index contributed by atoms with van der Waals surface area (Å²) in [6, 6.07) is 20.0. The first-order chi connectivity index (χ1) is 14.9. The van der Waals surface area contributed by atoms with Crippen LogP contribution in [-0.2, 0) is 4.79 Å². The fourth-order valence-corrected chi connectivity index (χ4v) is 3.62. The molecule has 31 heavy (non-hydrogen) atoms. The van der Waals surface area contributed by atoms with Gasteiger partial charge in [0.15, 0.2) is 0 Å². The van der Waals surface area contributed by atoms with E-state index in [0.717, 1.165) is 11.1 Å². The summed E-state index contributed by atoms with van der Waals surface area (Å²) in [7, 11) is 0. The maximum atomic E-state index is 13.1. The van der Waals surface area contributed by atoms with Crippen molar-refractivity contribution in [3.05, 3.63) is 89.2 Å². The van der Waals surface area contributed by atoms with E-state index in [1.165, 1.54) is 29.2 Å². The second kappa shape index (κ2) is 8.40. The fraction of sp³-hybridized carbons (Fsp3) is 0.167. The largest absolute Gasteiger partial charge is 0.492 e. The number of nitrogens with zero attached hydrogens (tertiary/aromatic N) is 1. The molecular weight excluding hydrogens is 421 g/mol. The first-order valence-corrected chi connectivity index (χ1v) is 10.0. The molecule has 0 aliphatic carbocycles. The monoisotopic (exact) mass is 439 g/mol. The topological polar surface area (TPSA) is 66.8 Å². The minimum Gasteiger partial charge on any atom is -0.492 e. The highest BCUT2D eigenvalue weighted by atomic mass is 35.5. The van der Waals surface area contributed by atoms with Crippen LogP contribution in [0.1, 0.15) is 10.4 Å². The van der Waals surface area contributed by atoms with Gasteiger partial charge in [0, 0.05) is 23.7 Å². The lowest BCUT2D eigenvalue weighted by Crippen LogP contribution is -2.64. The van der Waals surface area contributed by atoms with Gasteiger partial charge in [-0.2, -0.15) is 0 Å². The third-order valence-electron chi connectivity index (χ3n) is 5.37. The summed E-state index contributed by atoms with van der Waals surface area (Å²) in [5.74, 6) is -1.24. The number of amides is 1. The molecule has 0 spiro atoms. The summed E-state index contributed by atoms with van der Waals surface area (Å²) in [6.45, 7) is -0.00136. The molecule has 0 radical (unpaired) electrons. The molecule has 0 saturated carbocycles. The Balaban J connectivity index is 1.38. The van der Waals surface area contributed by atoms with E-state index in [2.05, 4.69) is 0 Å². The number of halogens is 2. The van der Waals surface area contributed by atoms with Gasteiger partial charge in [-0.3, -0.25) is 9.59 Å². The Bertz CT molecular complexity index is 1090. The molecule has 0 atom stereocenters. The average molecular weight is 440 g/mol. The number of carboxylic acids is 1. The molecule has 3 aromatic rings. The number of aliphatic carboxylic acids is 1. The summed E-state index contributed by atoms with van der Waals surface area (Å²) in [5.41, 5.74) is 1.13. The minimum absolute atomic E-state index is 0.0292. The summed E-state index contributed by atoms with van der Waals surface area (Å²) >= 11 is 5.92. The van der Waals surface area contributed by atoms with Crippen molar-refractivity contribution in [2.75, 3.05) is 19.7 Å². The quantitative estimate of drug-likeness (QED) is 0.601. The Morgan fingerprint density at radius 1 is 0.935 bits per heavy atom. The third kappa shape index (κ3) is 4.39. The highest BCUT2D eigenvalue weighted by Gasteiger charge is 2.52. The lowest BCUT2D eigenvalue weighted by Gasteiger charge is -2.46. The van der Waals surface area contributed by atoms with E-state index in [1.807, 2.05) is 36.4 Å². The Hall–Kier alpha value is -3.38. The van der Waals surface area contributed by atoms with Crippen LogP contribution in [0.2, 0.25) is 5.02 Å². The van der Waals surface area contributed by atoms with Crippen molar-refractivity contribution < 1.29 is 23.8 Å². The van der Waals surface area contributed by atoms with Crippen LogP contribution in [0.15, 0.2) is 72.8 Å². The lowest BCUT2D eigenvalue weighted by atomic mass is 9.80. The smallest absolute Gasteiger partial charge is 0.316 e. The number of likely N-dealkylation sites (tertiary alicyclic amines) is 1. The summed E-state index contributed by atoms with van der Waals surface area (Å²) in [6.07, 6.45) is 0. The Morgan fingerprint density at radius 2 is 1.48 bits per heavy atom. The third-order valence-corrected chi connectivity index (χ3v) is 5.62. The van der Waals surface area contributed by atoms with Gasteiger partial charge < -0.3 is 14.7 Å². The maximum Gasteiger partial charge on any atom is 0.316 e. The van der Waals surface area contributed by atoms with E-state index in [0.29, 0.717) is 16.3 Å². The molecule has 7 heteroatoms. The zero-order valence-corrected chi connectivity index (χ0v) is 17.2. The highest BCUT2D eigenvalue weighted by molar-refractivity contribution is 6.30. The van der Waals surface area contributed by atoms with Crippen LogP contribution in [0.4, 0.5) is 4.39 Å². The molecule has 1 heterocycles. The zero-order chi connectivity index (χ0) is 22.0. The van der Waals surface area contributed by atoms with E-state index in [4.69, 9.17) is 16.3 Å². The van der Waals surface area contributed by atoms with Crippen LogP contribution < -0.4 is 4.74 Å². The van der Waals surface area contributed by atoms with Crippen LogP contribution in [0, 0.1) is 11.2 Å². The number of carbonyl (C=O) groups excluding carboxylic acids is 1. The number of carboxylic acid groups (broad SMARTS) is 1. The highest BCUT2D eigenvalue weighted by Crippen LogP contribution is 2.33. The van der Waals surface area contributed by atoms with Crippen molar-refractivity contribution in [1.82, 2.24) is 4.90 Å². The van der Waals surface area contributed by atoms with Crippen molar-refractivity contribution in [2.24, 2.45) is 5.41 Å². The molecule has 1 fully saturated rings. The van der Waals surface area contributed by atoms with Gasteiger partial charge in [-0.25, -0.2) is 4.39 Å². The van der Waals surface area contributed by atoms with Crippen molar-refractivity contribution in [1.29, 1.82) is 0 Å². The van der Waals surface area contributed by atoms with Gasteiger partial charge in [-0.1, -0.05) is 35.9 Å². The standard InChI is InChI=1S/C24H19ClFNO4/c25-19-7-1-16(2-8-19)17-5-11-21(12-6-17)31-15-24(23(29)30)13-27(14-24)22(28)18-3-9-20(26)10-4-18/h1-12H,13-15H2,(H,29,30). The average Bonchev–Trinajstić information content (AvgIpc) is 2.74. The second-order valence-electron chi connectivity index (χ2n) is 7.57. The van der Waals surface area contributed by atoms with Crippen LogP contribution in [0.5, 0.6) is 5.75 Å². The summed E-state index contributed by atoms with van der Waals surface area (Å²) < 4.78 is 18.8. The molecule has 4 rings (SSSR count). The second-order valence-corrected chi connectivity index (χ2v) is 8.01. The molecule has 3 aromatic carbocycles. The van der Waals surface area contributed by atoms with Crippen molar-refractivity contribution in [3.8, 4) is 16.9 Å². The van der Waals surface area contributed by atoms with Gasteiger partial charge in [0.2, 0.25) is 0 Å². The molecule has 1 N–H and O–H groups in total. The van der Waals surface area contributed by atoms with Gasteiger partial charge in [0.05, 0.1) is 0 Å². The molecule has 1 saturated heterocycles. The number of benzene rings is 3. The van der Waals surface area contributed by atoms with E-state index >= 15 is 0 Å². The van der Waals surface area contributed by atoms with E-state index in [-0.39, 0.29) is 25.6 Å². The first kappa shape index (κ1) is 20.9. The van der Waals surface area contributed by atoms with Crippen LogP contribution in [0.25, 0.3) is 11.1 Å². The molecule has 1 amide bonds. The predicted molar refractivity (Wildman–Crippen MR) is 115 cm³/mol. The molecule has 5 nitrogen and oxygen atoms in total. The number of ether oxygens (including phenoxy) is 1. The number of carbonyl (C=O) groups is 2. The molecular formula is C24H19ClFNO4. The van der Waals surface area contributed by atoms with Crippen molar-refractivity contribution in [2.45, 2.75) is 0 Å². The van der Waals surface area contributed by atoms with Crippen molar-refractivity contribution in [3.63, 3.8) is 0 Å². The van der Waals surface area contributed by atoms with Crippen LogP contribution >= 0.6 is 11.6 Å². The number of rotatable bonds is 6. The van der Waals surface area contributed by atoms with Gasteiger partial charge >= 0.3 is 5.97 Å². The summed E-state index contributed by atoms with van der Waals surface area (Å²) in [4.78, 5) is 25.8. The van der Waals surface area contributed by atoms with E-state index < -0.39 is 17.2 Å². The lowest BCUT2D eigenvalue weighted by molar-refractivity contribution is -0.161. The SMILES string of the molecule is O=C(c1ccc(F)cc1)N1CC(COc2ccc(-c3ccc(Cl)cc3)cc2)(C(=O)O)C1. The van der Waals surface area contributed by atoms with Crippen molar-refractivity contribution >= 4 is 23.5 Å². The first-order valence-electron chi connectivity index (χ1n) is 9.63. The Labute approximate surface area is 183 Å². The molecule has 0 bridgehead atoms. The zero-order valence-electron chi connectivity index (χ0n) is 16.4. The van der Waals surface area contributed by atoms with Crippen LogP contribution in [0.3, 0.4) is 0 Å². The predicted octanol–water partition coefficient (Wildman–Crippen LogP) is 4.75. The normalized spacial score (nSPS) is 14.6. The Kier molecular flexibility index (Phi) is 5.65. The number of hydrogen-bond donors (Lipinski definition) is 1. The molecule has 1 aliphatic heterocycles. The number of hydrogen-bond acceptors (Lipinski definition) is 3. The van der Waals surface area contributed by atoms with Gasteiger partial charge in [-0.05, 0) is 59.7 Å². The maximum absolute atomic E-state index is 13.1. The molecule has 0 aromatic heterocycles. The molecule has 0 unspecified atom stereocenters. The van der Waals surface area contributed by atoms with Crippen LogP contribution in [-0.4, -0.2) is 41.6 Å². The Morgan fingerprint density at radius 3 is 2.03 bits per heavy atom. The van der Waals surface area contributed by atoms with Gasteiger partial charge in [0.1, 0.15) is 23.6 Å². The molecule has 1 aliphatic rings. The fourth-order valence-electron chi connectivity index (χ4n) is 3.50. The minimum atomic E-state index is -1.18. The van der Waals surface area contributed by atoms with Gasteiger partial charge in [-0.15, -0.1) is 0 Å².